The predicted molar refractivity (Wildman–Crippen MR) is 66.7 cm³/mol. The van der Waals surface area contributed by atoms with E-state index >= 15 is 0 Å². The summed E-state index contributed by atoms with van der Waals surface area (Å²) in [5.74, 6) is 0.853. The quantitative estimate of drug-likeness (QED) is 0.779. The standard InChI is InChI=1S/C13H13ClO3/c1-3-9(13(14)15)11-7-8-5-4-6-10(16-2)12(8)17-11/h4-7,9H,3H2,1-2H3. The molecule has 0 N–H and O–H groups in total. The van der Waals surface area contributed by atoms with Crippen LogP contribution in [-0.4, -0.2) is 12.4 Å². The highest BCUT2D eigenvalue weighted by atomic mass is 35.5. The van der Waals surface area contributed by atoms with Crippen LogP contribution in [0.2, 0.25) is 0 Å². The Labute approximate surface area is 104 Å². The fourth-order valence-electron chi connectivity index (χ4n) is 1.86. The molecular weight excluding hydrogens is 240 g/mol. The molecule has 0 saturated heterocycles. The predicted octanol–water partition coefficient (Wildman–Crippen LogP) is 3.70. The first kappa shape index (κ1) is 12.0. The molecule has 1 aromatic heterocycles. The molecule has 0 saturated carbocycles. The smallest absolute Gasteiger partial charge is 0.232 e. The van der Waals surface area contributed by atoms with E-state index in [1.165, 1.54) is 0 Å². The lowest BCUT2D eigenvalue weighted by molar-refractivity contribution is -0.113. The lowest BCUT2D eigenvalue weighted by Gasteiger charge is -2.04. The minimum absolute atomic E-state index is 0.395. The molecule has 0 aliphatic heterocycles. The molecule has 0 bridgehead atoms. The molecule has 2 aromatic rings. The SMILES string of the molecule is CCC(C(=O)Cl)c1cc2cccc(OC)c2o1. The Morgan fingerprint density at radius 3 is 2.88 bits per heavy atom. The van der Waals surface area contributed by atoms with E-state index in [1.54, 1.807) is 7.11 Å². The van der Waals surface area contributed by atoms with Crippen molar-refractivity contribution in [3.8, 4) is 5.75 Å². The Bertz CT molecular complexity index is 545. The maximum Gasteiger partial charge on any atom is 0.232 e. The molecule has 17 heavy (non-hydrogen) atoms. The van der Waals surface area contributed by atoms with Crippen molar-refractivity contribution >= 4 is 27.8 Å². The Balaban J connectivity index is 2.54. The summed E-state index contributed by atoms with van der Waals surface area (Å²) in [7, 11) is 1.58. The highest BCUT2D eigenvalue weighted by molar-refractivity contribution is 6.64. The first-order valence-corrected chi connectivity index (χ1v) is 5.81. The van der Waals surface area contributed by atoms with E-state index in [0.717, 1.165) is 5.39 Å². The maximum absolute atomic E-state index is 11.3. The zero-order valence-corrected chi connectivity index (χ0v) is 10.5. The number of halogens is 1. The molecule has 4 heteroatoms. The van der Waals surface area contributed by atoms with Crippen LogP contribution >= 0.6 is 11.6 Å². The highest BCUT2D eigenvalue weighted by Crippen LogP contribution is 2.33. The molecule has 3 nitrogen and oxygen atoms in total. The monoisotopic (exact) mass is 252 g/mol. The molecule has 90 valence electrons. The third-order valence-corrected chi connectivity index (χ3v) is 3.04. The third-order valence-electron chi connectivity index (χ3n) is 2.77. The van der Waals surface area contributed by atoms with Crippen LogP contribution in [0.15, 0.2) is 28.7 Å². The van der Waals surface area contributed by atoms with Crippen molar-refractivity contribution in [1.29, 1.82) is 0 Å². The zero-order chi connectivity index (χ0) is 12.4. The van der Waals surface area contributed by atoms with Gasteiger partial charge in [-0.2, -0.15) is 0 Å². The Morgan fingerprint density at radius 2 is 2.29 bits per heavy atom. The Kier molecular flexibility index (Phi) is 3.38. The summed E-state index contributed by atoms with van der Waals surface area (Å²) in [6.07, 6.45) is 0.616. The van der Waals surface area contributed by atoms with Gasteiger partial charge < -0.3 is 9.15 Å². The van der Waals surface area contributed by atoms with Gasteiger partial charge in [0.1, 0.15) is 5.76 Å². The topological polar surface area (TPSA) is 39.4 Å². The number of methoxy groups -OCH3 is 1. The number of fused-ring (bicyclic) bond motifs is 1. The molecular formula is C13H13ClO3. The first-order valence-electron chi connectivity index (χ1n) is 5.43. The van der Waals surface area contributed by atoms with Gasteiger partial charge in [-0.3, -0.25) is 4.79 Å². The normalized spacial score (nSPS) is 12.6. The second-order valence-electron chi connectivity index (χ2n) is 3.79. The summed E-state index contributed by atoms with van der Waals surface area (Å²) < 4.78 is 10.9. The fourth-order valence-corrected chi connectivity index (χ4v) is 2.12. The van der Waals surface area contributed by atoms with Gasteiger partial charge in [-0.1, -0.05) is 19.1 Å². The van der Waals surface area contributed by atoms with Crippen molar-refractivity contribution in [2.45, 2.75) is 19.3 Å². The van der Waals surface area contributed by atoms with Gasteiger partial charge in [0.25, 0.3) is 0 Å². The van der Waals surface area contributed by atoms with E-state index in [2.05, 4.69) is 0 Å². The number of rotatable bonds is 4. The van der Waals surface area contributed by atoms with Gasteiger partial charge in [0.05, 0.1) is 13.0 Å². The van der Waals surface area contributed by atoms with Gasteiger partial charge in [0.2, 0.25) is 5.24 Å². The molecule has 1 aromatic carbocycles. The Hall–Kier alpha value is -1.48. The van der Waals surface area contributed by atoms with Gasteiger partial charge in [-0.25, -0.2) is 0 Å². The maximum atomic E-state index is 11.3. The molecule has 0 aliphatic carbocycles. The minimum Gasteiger partial charge on any atom is -0.493 e. The average Bonchev–Trinajstić information content (AvgIpc) is 2.72. The molecule has 1 atom stereocenters. The van der Waals surface area contributed by atoms with Crippen LogP contribution in [0.1, 0.15) is 25.0 Å². The van der Waals surface area contributed by atoms with Crippen molar-refractivity contribution in [3.05, 3.63) is 30.0 Å². The fraction of sp³-hybridized carbons (Fsp3) is 0.308. The summed E-state index contributed by atoms with van der Waals surface area (Å²) >= 11 is 5.55. The minimum atomic E-state index is -0.398. The van der Waals surface area contributed by atoms with E-state index < -0.39 is 11.2 Å². The lowest BCUT2D eigenvalue weighted by Crippen LogP contribution is -2.03. The van der Waals surface area contributed by atoms with Crippen LogP contribution < -0.4 is 4.74 Å². The van der Waals surface area contributed by atoms with Gasteiger partial charge in [0.15, 0.2) is 11.3 Å². The van der Waals surface area contributed by atoms with E-state index in [1.807, 2.05) is 31.2 Å². The highest BCUT2D eigenvalue weighted by Gasteiger charge is 2.21. The largest absolute Gasteiger partial charge is 0.493 e. The zero-order valence-electron chi connectivity index (χ0n) is 9.70. The van der Waals surface area contributed by atoms with Crippen molar-refractivity contribution in [3.63, 3.8) is 0 Å². The molecule has 0 aliphatic rings. The molecule has 2 rings (SSSR count). The van der Waals surface area contributed by atoms with Crippen molar-refractivity contribution in [2.75, 3.05) is 7.11 Å². The lowest BCUT2D eigenvalue weighted by atomic mass is 10.1. The van der Waals surface area contributed by atoms with E-state index in [9.17, 15) is 4.79 Å². The van der Waals surface area contributed by atoms with Crippen LogP contribution in [0.5, 0.6) is 5.75 Å². The second kappa shape index (κ2) is 4.80. The number of benzene rings is 1. The van der Waals surface area contributed by atoms with Crippen molar-refractivity contribution in [1.82, 2.24) is 0 Å². The van der Waals surface area contributed by atoms with Crippen LogP contribution in [0.3, 0.4) is 0 Å². The van der Waals surface area contributed by atoms with Crippen molar-refractivity contribution < 1.29 is 13.9 Å². The number of carbonyl (C=O) groups is 1. The van der Waals surface area contributed by atoms with Gasteiger partial charge in [-0.05, 0) is 30.2 Å². The van der Waals surface area contributed by atoms with Crippen LogP contribution in [0.4, 0.5) is 0 Å². The van der Waals surface area contributed by atoms with Gasteiger partial charge in [-0.15, -0.1) is 0 Å². The second-order valence-corrected chi connectivity index (χ2v) is 4.16. The summed E-state index contributed by atoms with van der Waals surface area (Å²) in [5.41, 5.74) is 0.654. The number of hydrogen-bond donors (Lipinski definition) is 0. The van der Waals surface area contributed by atoms with Crippen LogP contribution in [0, 0.1) is 0 Å². The number of para-hydroxylation sites is 1. The summed E-state index contributed by atoms with van der Waals surface area (Å²) in [6, 6.07) is 7.45. The first-order chi connectivity index (χ1) is 8.17. The van der Waals surface area contributed by atoms with E-state index in [-0.39, 0.29) is 0 Å². The third kappa shape index (κ3) is 2.15. The number of furan rings is 1. The van der Waals surface area contributed by atoms with Crippen LogP contribution in [0.25, 0.3) is 11.0 Å². The van der Waals surface area contributed by atoms with Crippen LogP contribution in [-0.2, 0) is 4.79 Å². The number of hydrogen-bond acceptors (Lipinski definition) is 3. The number of ether oxygens (including phenoxy) is 1. The Morgan fingerprint density at radius 1 is 1.53 bits per heavy atom. The average molecular weight is 253 g/mol. The van der Waals surface area contributed by atoms with Gasteiger partial charge in [0, 0.05) is 5.39 Å². The van der Waals surface area contributed by atoms with Gasteiger partial charge >= 0.3 is 0 Å². The summed E-state index contributed by atoms with van der Waals surface area (Å²) in [4.78, 5) is 11.3. The molecule has 0 fully saturated rings. The van der Waals surface area contributed by atoms with E-state index in [0.29, 0.717) is 23.5 Å². The molecule has 0 amide bonds. The summed E-state index contributed by atoms with van der Waals surface area (Å²) in [5, 5.41) is 0.515. The summed E-state index contributed by atoms with van der Waals surface area (Å²) in [6.45, 7) is 1.90. The van der Waals surface area contributed by atoms with E-state index in [4.69, 9.17) is 20.8 Å². The molecule has 1 heterocycles. The van der Waals surface area contributed by atoms with Crippen molar-refractivity contribution in [2.24, 2.45) is 0 Å². The molecule has 1 unspecified atom stereocenters. The number of carbonyl (C=O) groups excluding carboxylic acids is 1. The molecule has 0 spiro atoms. The molecule has 0 radical (unpaired) electrons.